The van der Waals surface area contributed by atoms with E-state index >= 15 is 0 Å². The summed E-state index contributed by atoms with van der Waals surface area (Å²) in [5, 5.41) is 4.14. The molecule has 144 valence electrons. The van der Waals surface area contributed by atoms with Crippen LogP contribution in [0.3, 0.4) is 0 Å². The van der Waals surface area contributed by atoms with E-state index in [4.69, 9.17) is 18.0 Å². The predicted octanol–water partition coefficient (Wildman–Crippen LogP) is 3.97. The number of aromatic nitrogens is 3. The Balaban J connectivity index is 1.73. The second kappa shape index (κ2) is 7.20. The van der Waals surface area contributed by atoms with E-state index in [0.29, 0.717) is 11.1 Å². The average molecular weight is 427 g/mol. The van der Waals surface area contributed by atoms with Crippen molar-refractivity contribution >= 4 is 32.8 Å². The number of nitrogens with one attached hydrogen (secondary N) is 1. The number of pyridine rings is 2. The number of hydrogen-bond donors (Lipinski definition) is 1. The molecule has 4 rings (SSSR count). The number of benzene rings is 1. The molecule has 1 N–H and O–H groups in total. The van der Waals surface area contributed by atoms with Crippen LogP contribution in [0.4, 0.5) is 10.1 Å². The maximum atomic E-state index is 13.1. The molecule has 0 spiro atoms. The van der Waals surface area contributed by atoms with E-state index in [2.05, 4.69) is 20.7 Å². The van der Waals surface area contributed by atoms with Crippen molar-refractivity contribution in [3.8, 4) is 23.5 Å². The standard InChI is InChI=1S/C20H12ClFN4O2S/c1-2-13-12-24-26-8-7-14(10-19(13)26)15-9-18(20(21)23-11-15)25-29(27,28)17-5-3-16(22)4-6-17/h1,3-12,25H. The summed E-state index contributed by atoms with van der Waals surface area (Å²) in [5.41, 5.74) is 2.83. The fraction of sp³-hybridized carbons (Fsp3) is 0. The van der Waals surface area contributed by atoms with Crippen molar-refractivity contribution in [1.82, 2.24) is 14.6 Å². The second-order valence-corrected chi connectivity index (χ2v) is 8.11. The molecule has 0 amide bonds. The van der Waals surface area contributed by atoms with Crippen LogP contribution < -0.4 is 4.72 Å². The van der Waals surface area contributed by atoms with Gasteiger partial charge in [-0.15, -0.1) is 6.42 Å². The quantitative estimate of drug-likeness (QED) is 0.395. The van der Waals surface area contributed by atoms with Crippen LogP contribution in [0.5, 0.6) is 0 Å². The van der Waals surface area contributed by atoms with E-state index < -0.39 is 15.8 Å². The molecule has 0 saturated carbocycles. The molecule has 0 unspecified atom stereocenters. The fourth-order valence-electron chi connectivity index (χ4n) is 2.77. The lowest BCUT2D eigenvalue weighted by atomic mass is 10.1. The first-order valence-electron chi connectivity index (χ1n) is 8.26. The summed E-state index contributed by atoms with van der Waals surface area (Å²) in [6.07, 6.45) is 10.3. The number of rotatable bonds is 4. The molecule has 0 saturated heterocycles. The van der Waals surface area contributed by atoms with Gasteiger partial charge in [-0.1, -0.05) is 17.5 Å². The maximum absolute atomic E-state index is 13.1. The molecule has 0 atom stereocenters. The number of hydrogen-bond acceptors (Lipinski definition) is 4. The van der Waals surface area contributed by atoms with Crippen LogP contribution in [0.1, 0.15) is 5.56 Å². The number of anilines is 1. The Bertz CT molecular complexity index is 1380. The predicted molar refractivity (Wildman–Crippen MR) is 109 cm³/mol. The highest BCUT2D eigenvalue weighted by Crippen LogP contribution is 2.29. The Morgan fingerprint density at radius 2 is 1.86 bits per heavy atom. The van der Waals surface area contributed by atoms with Crippen LogP contribution in [0.2, 0.25) is 5.15 Å². The molecule has 4 aromatic rings. The largest absolute Gasteiger partial charge is 0.276 e. The van der Waals surface area contributed by atoms with Crippen molar-refractivity contribution in [1.29, 1.82) is 0 Å². The topological polar surface area (TPSA) is 76.4 Å². The summed E-state index contributed by atoms with van der Waals surface area (Å²) in [7, 11) is -3.97. The van der Waals surface area contributed by atoms with Gasteiger partial charge < -0.3 is 0 Å². The zero-order chi connectivity index (χ0) is 20.6. The van der Waals surface area contributed by atoms with Gasteiger partial charge in [-0.3, -0.25) is 4.72 Å². The minimum absolute atomic E-state index is 0.0193. The van der Waals surface area contributed by atoms with Crippen LogP contribution in [-0.2, 0) is 10.0 Å². The molecule has 0 aliphatic carbocycles. The van der Waals surface area contributed by atoms with Crippen LogP contribution in [0.25, 0.3) is 16.6 Å². The first-order valence-corrected chi connectivity index (χ1v) is 10.1. The number of nitrogens with zero attached hydrogens (tertiary/aromatic N) is 3. The smallest absolute Gasteiger partial charge is 0.261 e. The van der Waals surface area contributed by atoms with E-state index in [-0.39, 0.29) is 15.7 Å². The zero-order valence-electron chi connectivity index (χ0n) is 14.7. The molecule has 9 heteroatoms. The lowest BCUT2D eigenvalue weighted by molar-refractivity contribution is 0.599. The van der Waals surface area contributed by atoms with E-state index in [1.165, 1.54) is 6.20 Å². The molecule has 0 aliphatic heterocycles. The molecule has 29 heavy (non-hydrogen) atoms. The average Bonchev–Trinajstić information content (AvgIpc) is 3.12. The van der Waals surface area contributed by atoms with Crippen LogP contribution in [-0.4, -0.2) is 23.0 Å². The molecule has 0 radical (unpaired) electrons. The van der Waals surface area contributed by atoms with E-state index in [9.17, 15) is 12.8 Å². The summed E-state index contributed by atoms with van der Waals surface area (Å²) >= 11 is 6.09. The Labute approximate surface area is 171 Å². The van der Waals surface area contributed by atoms with E-state index in [1.807, 2.05) is 6.07 Å². The monoisotopic (exact) mass is 426 g/mol. The van der Waals surface area contributed by atoms with E-state index in [0.717, 1.165) is 35.3 Å². The van der Waals surface area contributed by atoms with Gasteiger partial charge in [0.05, 0.1) is 27.9 Å². The highest BCUT2D eigenvalue weighted by atomic mass is 35.5. The Kier molecular flexibility index (Phi) is 4.70. The molecule has 3 aromatic heterocycles. The fourth-order valence-corrected chi connectivity index (χ4v) is 4.03. The van der Waals surface area contributed by atoms with Crippen molar-refractivity contribution in [2.75, 3.05) is 4.72 Å². The van der Waals surface area contributed by atoms with Gasteiger partial charge >= 0.3 is 0 Å². The van der Waals surface area contributed by atoms with E-state index in [1.54, 1.807) is 29.0 Å². The molecular weight excluding hydrogens is 415 g/mol. The number of fused-ring (bicyclic) bond motifs is 1. The SMILES string of the molecule is C#Cc1cnn2ccc(-c3cnc(Cl)c(NS(=O)(=O)c4ccc(F)cc4)c3)cc12. The van der Waals surface area contributed by atoms with Crippen LogP contribution >= 0.6 is 11.6 Å². The van der Waals surface area contributed by atoms with Gasteiger partial charge in [-0.25, -0.2) is 22.3 Å². The Morgan fingerprint density at radius 1 is 1.10 bits per heavy atom. The molecule has 3 heterocycles. The Hall–Kier alpha value is -3.41. The highest BCUT2D eigenvalue weighted by molar-refractivity contribution is 7.92. The lowest BCUT2D eigenvalue weighted by Gasteiger charge is -2.11. The molecule has 0 aliphatic rings. The van der Waals surface area contributed by atoms with Crippen molar-refractivity contribution in [2.24, 2.45) is 0 Å². The molecule has 1 aromatic carbocycles. The summed E-state index contributed by atoms with van der Waals surface area (Å²) in [6, 6.07) is 9.64. The summed E-state index contributed by atoms with van der Waals surface area (Å²) in [6.45, 7) is 0. The molecular formula is C20H12ClFN4O2S. The van der Waals surface area contributed by atoms with Crippen molar-refractivity contribution in [2.45, 2.75) is 4.90 Å². The normalized spacial score (nSPS) is 11.3. The lowest BCUT2D eigenvalue weighted by Crippen LogP contribution is -2.13. The van der Waals surface area contributed by atoms with Gasteiger partial charge in [0.1, 0.15) is 5.82 Å². The first kappa shape index (κ1) is 18.9. The number of sulfonamides is 1. The molecule has 6 nitrogen and oxygen atoms in total. The Morgan fingerprint density at radius 3 is 2.59 bits per heavy atom. The van der Waals surface area contributed by atoms with Gasteiger partial charge in [-0.2, -0.15) is 5.10 Å². The number of terminal acetylenes is 1. The first-order chi connectivity index (χ1) is 13.9. The summed E-state index contributed by atoms with van der Waals surface area (Å²) < 4.78 is 42.3. The van der Waals surface area contributed by atoms with Gasteiger partial charge in [0, 0.05) is 18.0 Å². The third-order valence-corrected chi connectivity index (χ3v) is 5.90. The van der Waals surface area contributed by atoms with Crippen molar-refractivity contribution < 1.29 is 12.8 Å². The third kappa shape index (κ3) is 3.66. The van der Waals surface area contributed by atoms with Crippen LogP contribution in [0.15, 0.2) is 66.0 Å². The van der Waals surface area contributed by atoms with Crippen LogP contribution in [0, 0.1) is 18.2 Å². The van der Waals surface area contributed by atoms with Gasteiger partial charge in [-0.05, 0) is 48.0 Å². The summed E-state index contributed by atoms with van der Waals surface area (Å²) in [4.78, 5) is 3.98. The van der Waals surface area contributed by atoms with Gasteiger partial charge in [0.25, 0.3) is 10.0 Å². The van der Waals surface area contributed by atoms with Gasteiger partial charge in [0.2, 0.25) is 0 Å². The van der Waals surface area contributed by atoms with Crippen molar-refractivity contribution in [3.63, 3.8) is 0 Å². The maximum Gasteiger partial charge on any atom is 0.261 e. The minimum atomic E-state index is -3.97. The third-order valence-electron chi connectivity index (χ3n) is 4.22. The zero-order valence-corrected chi connectivity index (χ0v) is 16.2. The summed E-state index contributed by atoms with van der Waals surface area (Å²) in [5.74, 6) is 2.03. The second-order valence-electron chi connectivity index (χ2n) is 6.07. The highest BCUT2D eigenvalue weighted by Gasteiger charge is 2.17. The van der Waals surface area contributed by atoms with Crippen molar-refractivity contribution in [3.05, 3.63) is 77.6 Å². The molecule has 0 fully saturated rings. The minimum Gasteiger partial charge on any atom is -0.276 e. The molecule has 0 bridgehead atoms. The number of halogens is 2. The van der Waals surface area contributed by atoms with Gasteiger partial charge in [0.15, 0.2) is 5.15 Å².